The zero-order chi connectivity index (χ0) is 10.6. The van der Waals surface area contributed by atoms with Crippen molar-refractivity contribution in [2.24, 2.45) is 0 Å². The number of nitrogens with zero attached hydrogens (tertiary/aromatic N) is 3. The van der Waals surface area contributed by atoms with Gasteiger partial charge in [-0.2, -0.15) is 0 Å². The zero-order valence-corrected chi connectivity index (χ0v) is 7.48. The molecule has 1 amide bonds. The molecular weight excluding hydrogens is 190 g/mol. The third-order valence-corrected chi connectivity index (χ3v) is 1.39. The maximum Gasteiger partial charge on any atom is 0.453 e. The van der Waals surface area contributed by atoms with Crippen molar-refractivity contribution in [1.29, 1.82) is 0 Å². The van der Waals surface area contributed by atoms with Gasteiger partial charge < -0.3 is 15.4 Å². The lowest BCUT2D eigenvalue weighted by Crippen LogP contribution is -2.24. The molecule has 1 heterocycles. The lowest BCUT2D eigenvalue weighted by molar-refractivity contribution is -0.394. The first-order valence-corrected chi connectivity index (χ1v) is 3.96. The van der Waals surface area contributed by atoms with Crippen molar-refractivity contribution < 1.29 is 9.72 Å². The number of rotatable bonds is 4. The fourth-order valence-electron chi connectivity index (χ4n) is 0.851. The Morgan fingerprint density at radius 3 is 2.93 bits per heavy atom. The lowest BCUT2D eigenvalue weighted by atomic mass is 10.4. The number of carbonyl (C=O) groups excluding carboxylic acids is 1. The fourth-order valence-corrected chi connectivity index (χ4v) is 0.851. The van der Waals surface area contributed by atoms with E-state index in [0.29, 0.717) is 6.54 Å². The topological polar surface area (TPSA) is 114 Å². The van der Waals surface area contributed by atoms with Crippen LogP contribution in [-0.4, -0.2) is 32.6 Å². The minimum Gasteiger partial charge on any atom is -0.390 e. The van der Waals surface area contributed by atoms with Crippen LogP contribution in [0.25, 0.3) is 0 Å². The Balaban J connectivity index is 2.59. The Hall–Kier alpha value is -1.99. The largest absolute Gasteiger partial charge is 0.453 e. The molecule has 0 aliphatic carbocycles. The van der Waals surface area contributed by atoms with Crippen molar-refractivity contribution in [1.82, 2.24) is 20.5 Å². The SMILES string of the molecule is CCNC(=O)Cc1n[nH]c([N+](=O)[O-])n1. The first kappa shape index (κ1) is 10.1. The summed E-state index contributed by atoms with van der Waals surface area (Å²) >= 11 is 0. The molecule has 14 heavy (non-hydrogen) atoms. The molecule has 0 aliphatic rings. The first-order chi connectivity index (χ1) is 6.63. The number of carbonyl (C=O) groups is 1. The molecule has 0 bridgehead atoms. The van der Waals surface area contributed by atoms with E-state index < -0.39 is 10.9 Å². The van der Waals surface area contributed by atoms with Crippen LogP contribution < -0.4 is 5.32 Å². The molecule has 1 aromatic heterocycles. The van der Waals surface area contributed by atoms with Crippen LogP contribution in [0.15, 0.2) is 0 Å². The van der Waals surface area contributed by atoms with Gasteiger partial charge in [-0.15, -0.1) is 5.10 Å². The quantitative estimate of drug-likeness (QED) is 0.496. The van der Waals surface area contributed by atoms with Gasteiger partial charge >= 0.3 is 5.95 Å². The molecule has 0 aromatic carbocycles. The van der Waals surface area contributed by atoms with E-state index in [2.05, 4.69) is 20.5 Å². The summed E-state index contributed by atoms with van der Waals surface area (Å²) in [7, 11) is 0. The molecule has 8 nitrogen and oxygen atoms in total. The smallest absolute Gasteiger partial charge is 0.390 e. The van der Waals surface area contributed by atoms with Gasteiger partial charge in [0, 0.05) is 6.54 Å². The molecule has 0 fully saturated rings. The number of amides is 1. The van der Waals surface area contributed by atoms with E-state index in [1.54, 1.807) is 6.92 Å². The molecule has 76 valence electrons. The number of nitro groups is 1. The molecule has 0 saturated carbocycles. The number of H-pyrrole nitrogens is 1. The zero-order valence-electron chi connectivity index (χ0n) is 7.48. The number of nitrogens with one attached hydrogen (secondary N) is 2. The standard InChI is InChI=1S/C6H9N5O3/c1-2-7-5(12)3-4-8-6(10-9-4)11(13)14/h2-3H2,1H3,(H,7,12)(H,8,9,10). The highest BCUT2D eigenvalue weighted by atomic mass is 16.6. The van der Waals surface area contributed by atoms with Gasteiger partial charge in [-0.05, 0) is 16.8 Å². The second-order valence-electron chi connectivity index (χ2n) is 2.46. The third kappa shape index (κ3) is 2.51. The van der Waals surface area contributed by atoms with E-state index in [1.807, 2.05) is 0 Å². The summed E-state index contributed by atoms with van der Waals surface area (Å²) < 4.78 is 0. The van der Waals surface area contributed by atoms with Crippen LogP contribution >= 0.6 is 0 Å². The van der Waals surface area contributed by atoms with Gasteiger partial charge in [0.15, 0.2) is 0 Å². The van der Waals surface area contributed by atoms with Gasteiger partial charge in [0.05, 0.1) is 0 Å². The maximum atomic E-state index is 11.0. The van der Waals surface area contributed by atoms with Gasteiger partial charge in [0.1, 0.15) is 6.42 Å². The van der Waals surface area contributed by atoms with Crippen LogP contribution in [0.3, 0.4) is 0 Å². The highest BCUT2D eigenvalue weighted by Crippen LogP contribution is 2.01. The summed E-state index contributed by atoms with van der Waals surface area (Å²) in [6.45, 7) is 2.28. The molecule has 8 heteroatoms. The maximum absolute atomic E-state index is 11.0. The van der Waals surface area contributed by atoms with E-state index in [4.69, 9.17) is 0 Å². The third-order valence-electron chi connectivity index (χ3n) is 1.39. The van der Waals surface area contributed by atoms with Crippen molar-refractivity contribution in [2.45, 2.75) is 13.3 Å². The van der Waals surface area contributed by atoms with E-state index >= 15 is 0 Å². The molecule has 2 N–H and O–H groups in total. The highest BCUT2D eigenvalue weighted by molar-refractivity contribution is 5.77. The van der Waals surface area contributed by atoms with Crippen molar-refractivity contribution in [3.05, 3.63) is 15.9 Å². The molecule has 0 radical (unpaired) electrons. The van der Waals surface area contributed by atoms with Gasteiger partial charge in [-0.25, -0.2) is 0 Å². The van der Waals surface area contributed by atoms with Gasteiger partial charge in [-0.3, -0.25) is 4.79 Å². The normalized spacial score (nSPS) is 9.79. The number of aromatic amines is 1. The van der Waals surface area contributed by atoms with Gasteiger partial charge in [0.25, 0.3) is 5.82 Å². The Kier molecular flexibility index (Phi) is 3.10. The van der Waals surface area contributed by atoms with Gasteiger partial charge in [-0.1, -0.05) is 5.10 Å². The van der Waals surface area contributed by atoms with Crippen molar-refractivity contribution in [3.8, 4) is 0 Å². The van der Waals surface area contributed by atoms with Crippen molar-refractivity contribution in [2.75, 3.05) is 6.54 Å². The van der Waals surface area contributed by atoms with Crippen LogP contribution in [-0.2, 0) is 11.2 Å². The van der Waals surface area contributed by atoms with Crippen LogP contribution in [0.1, 0.15) is 12.7 Å². The Morgan fingerprint density at radius 1 is 1.71 bits per heavy atom. The second kappa shape index (κ2) is 4.30. The summed E-state index contributed by atoms with van der Waals surface area (Å²) in [5, 5.41) is 18.4. The summed E-state index contributed by atoms with van der Waals surface area (Å²) in [6.07, 6.45) is -0.0574. The van der Waals surface area contributed by atoms with Crippen molar-refractivity contribution >= 4 is 11.9 Å². The fraction of sp³-hybridized carbons (Fsp3) is 0.500. The molecule has 0 spiro atoms. The van der Waals surface area contributed by atoms with Gasteiger partial charge in [0.2, 0.25) is 5.91 Å². The van der Waals surface area contributed by atoms with Crippen LogP contribution in [0.2, 0.25) is 0 Å². The minimum atomic E-state index is -0.700. The number of aromatic nitrogens is 3. The van der Waals surface area contributed by atoms with E-state index in [0.717, 1.165) is 0 Å². The van der Waals surface area contributed by atoms with E-state index in [9.17, 15) is 14.9 Å². The number of hydrogen-bond donors (Lipinski definition) is 2. The molecular formula is C6H9N5O3. The average Bonchev–Trinajstić information content (AvgIpc) is 2.53. The minimum absolute atomic E-state index is 0.0574. The molecule has 1 aromatic rings. The molecule has 0 aliphatic heterocycles. The predicted molar refractivity (Wildman–Crippen MR) is 45.4 cm³/mol. The number of hydrogen-bond acceptors (Lipinski definition) is 5. The summed E-state index contributed by atoms with van der Waals surface area (Å²) in [6, 6.07) is 0. The molecule has 1 rings (SSSR count). The highest BCUT2D eigenvalue weighted by Gasteiger charge is 2.16. The second-order valence-corrected chi connectivity index (χ2v) is 2.46. The predicted octanol–water partition coefficient (Wildman–Crippen LogP) is -0.609. The first-order valence-electron chi connectivity index (χ1n) is 3.96. The van der Waals surface area contributed by atoms with Crippen LogP contribution in [0, 0.1) is 10.1 Å². The van der Waals surface area contributed by atoms with E-state index in [1.165, 1.54) is 0 Å². The Labute approximate surface area is 78.9 Å². The Morgan fingerprint density at radius 2 is 2.43 bits per heavy atom. The lowest BCUT2D eigenvalue weighted by Gasteiger charge is -1.95. The average molecular weight is 199 g/mol. The molecule has 0 unspecified atom stereocenters. The summed E-state index contributed by atoms with van der Waals surface area (Å²) in [5.41, 5.74) is 0. The monoisotopic (exact) mass is 199 g/mol. The van der Waals surface area contributed by atoms with Crippen LogP contribution in [0.5, 0.6) is 0 Å². The number of likely N-dealkylation sites (N-methyl/N-ethyl adjacent to an activating group) is 1. The van der Waals surface area contributed by atoms with Crippen molar-refractivity contribution in [3.63, 3.8) is 0 Å². The van der Waals surface area contributed by atoms with E-state index in [-0.39, 0.29) is 18.2 Å². The summed E-state index contributed by atoms with van der Waals surface area (Å²) in [5.74, 6) is -0.603. The molecule has 0 saturated heterocycles. The molecule has 0 atom stereocenters. The van der Waals surface area contributed by atoms with Crippen LogP contribution in [0.4, 0.5) is 5.95 Å². The Bertz CT molecular complexity index is 347. The summed E-state index contributed by atoms with van der Waals surface area (Å²) in [4.78, 5) is 24.0.